The molecule has 0 bridgehead atoms. The van der Waals surface area contributed by atoms with Gasteiger partial charge in [-0.1, -0.05) is 18.6 Å². The number of carbonyl (C=O) groups is 1. The average Bonchev–Trinajstić information content (AvgIpc) is 2.89. The van der Waals surface area contributed by atoms with Crippen molar-refractivity contribution >= 4 is 5.97 Å². The van der Waals surface area contributed by atoms with Gasteiger partial charge in [0.2, 0.25) is 0 Å². The van der Waals surface area contributed by atoms with Gasteiger partial charge < -0.3 is 9.47 Å². The molecule has 0 radical (unpaired) electrons. The first-order valence-corrected chi connectivity index (χ1v) is 7.85. The van der Waals surface area contributed by atoms with Gasteiger partial charge in [-0.25, -0.2) is 9.48 Å². The van der Waals surface area contributed by atoms with E-state index in [1.54, 1.807) is 0 Å². The van der Waals surface area contributed by atoms with Crippen LogP contribution < -0.4 is 0 Å². The second-order valence-electron chi connectivity index (χ2n) is 6.10. The van der Waals surface area contributed by atoms with E-state index in [2.05, 4.69) is 17.2 Å². The van der Waals surface area contributed by atoms with E-state index in [1.165, 1.54) is 13.5 Å². The highest BCUT2D eigenvalue weighted by Gasteiger charge is 2.43. The van der Waals surface area contributed by atoms with Crippen molar-refractivity contribution in [2.75, 3.05) is 13.7 Å². The van der Waals surface area contributed by atoms with Gasteiger partial charge in [0.15, 0.2) is 5.69 Å². The minimum Gasteiger partial charge on any atom is -0.464 e. The highest BCUT2D eigenvalue weighted by Crippen LogP contribution is 2.45. The molecule has 6 nitrogen and oxygen atoms in total. The molecule has 0 aromatic carbocycles. The molecule has 6 heteroatoms. The number of nitrogens with zero attached hydrogens (tertiary/aromatic N) is 3. The highest BCUT2D eigenvalue weighted by molar-refractivity contribution is 5.88. The van der Waals surface area contributed by atoms with Gasteiger partial charge in [0.05, 0.1) is 24.4 Å². The topological polar surface area (TPSA) is 66.2 Å². The smallest absolute Gasteiger partial charge is 0.360 e. The summed E-state index contributed by atoms with van der Waals surface area (Å²) < 4.78 is 12.7. The fourth-order valence-corrected chi connectivity index (χ4v) is 3.46. The Morgan fingerprint density at radius 3 is 2.95 bits per heavy atom. The second-order valence-corrected chi connectivity index (χ2v) is 6.10. The molecule has 0 N–H and O–H groups in total. The maximum absolute atomic E-state index is 11.8. The number of ether oxygens (including phenoxy) is 2. The molecule has 1 unspecified atom stereocenters. The Bertz CT molecular complexity index is 522. The molecule has 116 valence electrons. The van der Waals surface area contributed by atoms with Gasteiger partial charge in [-0.3, -0.25) is 0 Å². The van der Waals surface area contributed by atoms with Crippen LogP contribution in [0.1, 0.15) is 67.7 Å². The van der Waals surface area contributed by atoms with E-state index in [9.17, 15) is 4.79 Å². The van der Waals surface area contributed by atoms with Crippen molar-refractivity contribution < 1.29 is 14.3 Å². The molecule has 1 atom stereocenters. The molecular formula is C15H23N3O3. The molecule has 1 saturated heterocycles. The minimum absolute atomic E-state index is 0.0593. The lowest BCUT2D eigenvalue weighted by Crippen LogP contribution is -2.46. The Kier molecular flexibility index (Phi) is 3.97. The molecule has 2 fully saturated rings. The monoisotopic (exact) mass is 293 g/mol. The van der Waals surface area contributed by atoms with Crippen LogP contribution in [0.2, 0.25) is 0 Å². The van der Waals surface area contributed by atoms with Gasteiger partial charge in [-0.2, -0.15) is 0 Å². The van der Waals surface area contributed by atoms with Crippen LogP contribution in [-0.4, -0.2) is 40.3 Å². The molecule has 2 aliphatic rings. The molecular weight excluding hydrogens is 270 g/mol. The first-order chi connectivity index (χ1) is 10.2. The van der Waals surface area contributed by atoms with Crippen molar-refractivity contribution in [3.05, 3.63) is 11.4 Å². The van der Waals surface area contributed by atoms with E-state index in [1.807, 2.05) is 4.68 Å². The van der Waals surface area contributed by atoms with Crippen LogP contribution in [0, 0.1) is 0 Å². The number of hydrogen-bond donors (Lipinski definition) is 0. The van der Waals surface area contributed by atoms with Crippen molar-refractivity contribution in [3.63, 3.8) is 0 Å². The van der Waals surface area contributed by atoms with Gasteiger partial charge in [0, 0.05) is 6.61 Å². The molecule has 3 rings (SSSR count). The average molecular weight is 293 g/mol. The van der Waals surface area contributed by atoms with Gasteiger partial charge >= 0.3 is 5.97 Å². The molecule has 0 amide bonds. The largest absolute Gasteiger partial charge is 0.464 e. The lowest BCUT2D eigenvalue weighted by atomic mass is 9.74. The summed E-state index contributed by atoms with van der Waals surface area (Å²) in [6.45, 7) is 2.86. The van der Waals surface area contributed by atoms with Crippen LogP contribution >= 0.6 is 0 Å². The number of hydrogen-bond acceptors (Lipinski definition) is 5. The number of esters is 1. The maximum Gasteiger partial charge on any atom is 0.360 e. The van der Waals surface area contributed by atoms with E-state index < -0.39 is 5.97 Å². The van der Waals surface area contributed by atoms with E-state index in [0.717, 1.165) is 50.8 Å². The van der Waals surface area contributed by atoms with Crippen LogP contribution in [0.25, 0.3) is 0 Å². The highest BCUT2D eigenvalue weighted by atomic mass is 16.5. The zero-order chi connectivity index (χ0) is 14.9. The van der Waals surface area contributed by atoms with E-state index in [4.69, 9.17) is 9.47 Å². The first-order valence-electron chi connectivity index (χ1n) is 7.85. The summed E-state index contributed by atoms with van der Waals surface area (Å²) in [6, 6.07) is 0.284. The molecule has 2 heterocycles. The number of methoxy groups -OCH3 is 1. The van der Waals surface area contributed by atoms with Gasteiger partial charge in [0.1, 0.15) is 0 Å². The summed E-state index contributed by atoms with van der Waals surface area (Å²) in [5.41, 5.74) is 1.34. The Labute approximate surface area is 124 Å². The van der Waals surface area contributed by atoms with Gasteiger partial charge in [-0.15, -0.1) is 5.10 Å². The van der Waals surface area contributed by atoms with Crippen molar-refractivity contribution in [1.82, 2.24) is 15.0 Å². The fraction of sp³-hybridized carbons (Fsp3) is 0.800. The zero-order valence-electron chi connectivity index (χ0n) is 12.8. The van der Waals surface area contributed by atoms with E-state index >= 15 is 0 Å². The first kappa shape index (κ1) is 14.5. The quantitative estimate of drug-likeness (QED) is 0.797. The lowest BCUT2D eigenvalue weighted by Gasteiger charge is -2.47. The SMILES string of the molecule is CCCc1c(C(=O)OC)nnn1C1CCOC2(CCC2)C1. The molecule has 1 spiro atoms. The Hall–Kier alpha value is -1.43. The minimum atomic E-state index is -0.393. The molecule has 1 aliphatic heterocycles. The Morgan fingerprint density at radius 2 is 2.33 bits per heavy atom. The van der Waals surface area contributed by atoms with Crippen molar-refractivity contribution in [2.24, 2.45) is 0 Å². The van der Waals surface area contributed by atoms with E-state index in [-0.39, 0.29) is 11.6 Å². The summed E-state index contributed by atoms with van der Waals surface area (Å²) in [7, 11) is 1.38. The third-order valence-corrected chi connectivity index (χ3v) is 4.73. The molecule has 1 aromatic rings. The summed E-state index contributed by atoms with van der Waals surface area (Å²) in [5, 5.41) is 8.33. The summed E-state index contributed by atoms with van der Waals surface area (Å²) in [5.74, 6) is -0.393. The maximum atomic E-state index is 11.8. The third-order valence-electron chi connectivity index (χ3n) is 4.73. The van der Waals surface area contributed by atoms with Crippen molar-refractivity contribution in [2.45, 2.75) is 63.5 Å². The Morgan fingerprint density at radius 1 is 1.52 bits per heavy atom. The van der Waals surface area contributed by atoms with Crippen molar-refractivity contribution in [3.8, 4) is 0 Å². The van der Waals surface area contributed by atoms with Crippen molar-refractivity contribution in [1.29, 1.82) is 0 Å². The van der Waals surface area contributed by atoms with Crippen LogP contribution in [0.4, 0.5) is 0 Å². The van der Waals surface area contributed by atoms with Crippen LogP contribution in [0.3, 0.4) is 0 Å². The molecule has 1 aromatic heterocycles. The van der Waals surface area contributed by atoms with Crippen LogP contribution in [-0.2, 0) is 15.9 Å². The summed E-state index contributed by atoms with van der Waals surface area (Å²) in [4.78, 5) is 11.8. The standard InChI is InChI=1S/C15H23N3O3/c1-3-5-12-13(14(19)20-2)16-17-18(12)11-6-9-21-15(10-11)7-4-8-15/h11H,3-10H2,1-2H3. The summed E-state index contributed by atoms with van der Waals surface area (Å²) >= 11 is 0. The summed E-state index contributed by atoms with van der Waals surface area (Å²) in [6.07, 6.45) is 7.19. The van der Waals surface area contributed by atoms with Gasteiger partial charge in [-0.05, 0) is 38.5 Å². The molecule has 21 heavy (non-hydrogen) atoms. The molecule has 1 aliphatic carbocycles. The third kappa shape index (κ3) is 2.57. The Balaban J connectivity index is 1.86. The second kappa shape index (κ2) is 5.75. The van der Waals surface area contributed by atoms with Crippen LogP contribution in [0.5, 0.6) is 0 Å². The number of rotatable bonds is 4. The van der Waals surface area contributed by atoms with Crippen LogP contribution in [0.15, 0.2) is 0 Å². The normalized spacial score (nSPS) is 23.8. The lowest BCUT2D eigenvalue weighted by molar-refractivity contribution is -0.142. The number of carbonyl (C=O) groups excluding carboxylic acids is 1. The predicted octanol–water partition coefficient (Wildman–Crippen LogP) is 2.29. The zero-order valence-corrected chi connectivity index (χ0v) is 12.8. The van der Waals surface area contributed by atoms with Gasteiger partial charge in [0.25, 0.3) is 0 Å². The number of aromatic nitrogens is 3. The predicted molar refractivity (Wildman–Crippen MR) is 76.2 cm³/mol. The molecule has 1 saturated carbocycles. The fourth-order valence-electron chi connectivity index (χ4n) is 3.46. The van der Waals surface area contributed by atoms with E-state index in [0.29, 0.717) is 5.69 Å².